The van der Waals surface area contributed by atoms with Crippen LogP contribution in [0.1, 0.15) is 94.4 Å². The summed E-state index contributed by atoms with van der Waals surface area (Å²) in [6.07, 6.45) is 13.1. The van der Waals surface area contributed by atoms with Crippen LogP contribution in [0.4, 0.5) is 0 Å². The molecule has 2 unspecified atom stereocenters. The fourth-order valence-corrected chi connectivity index (χ4v) is 6.06. The molecule has 1 N–H and O–H groups in total. The zero-order chi connectivity index (χ0) is 20.9. The standard InChI is InChI=1S/C22H34ClN6O.K/c1-2-3-8-20-24-21(23)19(14-30)29(20)13-15-9-11-16(12-10-15)17-6-4-5-7-18(17)22-25-27-28-26-22;/h15-18,30H,2-14H2,1H3;/q-1;+1. The topological polar surface area (TPSA) is 90.8 Å². The van der Waals surface area contributed by atoms with Crippen molar-refractivity contribution in [2.45, 2.75) is 96.6 Å². The third kappa shape index (κ3) is 6.19. The molecule has 0 saturated heterocycles. The average Bonchev–Trinajstić information content (AvgIpc) is 3.41. The SMILES string of the molecule is CCCCc1nc(Cl)c(CO)n1CC1CCC(C2CCCCC2c2nn[n-]n2)CC1.[K+]. The second kappa shape index (κ2) is 12.6. The molecule has 166 valence electrons. The number of hydrogen-bond donors (Lipinski definition) is 1. The number of unbranched alkanes of at least 4 members (excludes halogenated alkanes) is 1. The first-order valence-corrected chi connectivity index (χ1v) is 12.1. The van der Waals surface area contributed by atoms with E-state index < -0.39 is 0 Å². The Morgan fingerprint density at radius 2 is 1.90 bits per heavy atom. The molecule has 2 aliphatic rings. The third-order valence-electron chi connectivity index (χ3n) is 7.43. The van der Waals surface area contributed by atoms with Crippen LogP contribution in [0.15, 0.2) is 0 Å². The number of aliphatic hydroxyl groups is 1. The molecule has 4 rings (SSSR count). The van der Waals surface area contributed by atoms with Crippen molar-refractivity contribution < 1.29 is 56.5 Å². The van der Waals surface area contributed by atoms with Crippen molar-refractivity contribution in [1.82, 2.24) is 30.2 Å². The van der Waals surface area contributed by atoms with E-state index in [1.165, 1.54) is 51.4 Å². The maximum Gasteiger partial charge on any atom is 1.00 e. The molecule has 2 saturated carbocycles. The number of aryl methyl sites for hydroxylation is 1. The van der Waals surface area contributed by atoms with Crippen LogP contribution in [0.2, 0.25) is 5.15 Å². The zero-order valence-corrected chi connectivity index (χ0v) is 22.9. The second-order valence-corrected chi connectivity index (χ2v) is 9.57. The molecule has 0 spiro atoms. The molecule has 31 heavy (non-hydrogen) atoms. The van der Waals surface area contributed by atoms with Gasteiger partial charge in [-0.3, -0.25) is 15.5 Å². The molecule has 2 aliphatic carbocycles. The molecule has 2 aromatic rings. The first-order valence-electron chi connectivity index (χ1n) is 11.7. The summed E-state index contributed by atoms with van der Waals surface area (Å²) in [7, 11) is 0. The molecular weight excluding hydrogens is 439 g/mol. The van der Waals surface area contributed by atoms with E-state index in [9.17, 15) is 5.11 Å². The van der Waals surface area contributed by atoms with Crippen molar-refractivity contribution in [3.8, 4) is 0 Å². The molecule has 2 aromatic heterocycles. The Morgan fingerprint density at radius 1 is 1.13 bits per heavy atom. The average molecular weight is 473 g/mol. The maximum absolute atomic E-state index is 9.83. The number of hydrogen-bond acceptors (Lipinski definition) is 5. The van der Waals surface area contributed by atoms with Gasteiger partial charge < -0.3 is 14.8 Å². The Kier molecular flexibility index (Phi) is 10.5. The van der Waals surface area contributed by atoms with E-state index in [2.05, 4.69) is 37.1 Å². The van der Waals surface area contributed by atoms with Gasteiger partial charge in [-0.1, -0.05) is 37.8 Å². The van der Waals surface area contributed by atoms with Gasteiger partial charge in [0.1, 0.15) is 5.82 Å². The van der Waals surface area contributed by atoms with Gasteiger partial charge in [0.2, 0.25) is 0 Å². The van der Waals surface area contributed by atoms with Crippen LogP contribution < -0.4 is 56.6 Å². The molecule has 0 aromatic carbocycles. The molecule has 2 fully saturated rings. The number of imidazole rings is 1. The molecule has 0 radical (unpaired) electrons. The van der Waals surface area contributed by atoms with Crippen LogP contribution in [-0.2, 0) is 19.6 Å². The minimum absolute atomic E-state index is 0. The molecule has 7 nitrogen and oxygen atoms in total. The van der Waals surface area contributed by atoms with Crippen LogP contribution in [-0.4, -0.2) is 30.1 Å². The Morgan fingerprint density at radius 3 is 2.58 bits per heavy atom. The maximum atomic E-state index is 9.83. The first kappa shape index (κ1) is 25.8. The van der Waals surface area contributed by atoms with E-state index in [0.29, 0.717) is 22.9 Å². The van der Waals surface area contributed by atoms with E-state index in [1.807, 2.05) is 0 Å². The van der Waals surface area contributed by atoms with Gasteiger partial charge in [-0.2, -0.15) is 0 Å². The van der Waals surface area contributed by atoms with Gasteiger partial charge >= 0.3 is 51.4 Å². The van der Waals surface area contributed by atoms with E-state index in [4.69, 9.17) is 11.6 Å². The molecular formula is C22H34ClKN6O. The third-order valence-corrected chi connectivity index (χ3v) is 7.73. The summed E-state index contributed by atoms with van der Waals surface area (Å²) in [6.45, 7) is 3.07. The van der Waals surface area contributed by atoms with E-state index >= 15 is 0 Å². The van der Waals surface area contributed by atoms with Crippen molar-refractivity contribution in [3.63, 3.8) is 0 Å². The predicted octanol–water partition coefficient (Wildman–Crippen LogP) is 1.30. The minimum atomic E-state index is -0.0429. The van der Waals surface area contributed by atoms with E-state index in [1.54, 1.807) is 0 Å². The smallest absolute Gasteiger partial charge is 0.390 e. The van der Waals surface area contributed by atoms with Gasteiger partial charge in [0.25, 0.3) is 0 Å². The first-order chi connectivity index (χ1) is 14.7. The summed E-state index contributed by atoms with van der Waals surface area (Å²) in [5.74, 6) is 4.37. The predicted molar refractivity (Wildman–Crippen MR) is 115 cm³/mol. The van der Waals surface area contributed by atoms with E-state index in [-0.39, 0.29) is 58.0 Å². The fourth-order valence-electron chi connectivity index (χ4n) is 5.80. The number of halogens is 1. The van der Waals surface area contributed by atoms with Crippen LogP contribution in [0, 0.1) is 17.8 Å². The summed E-state index contributed by atoms with van der Waals surface area (Å²) >= 11 is 6.32. The number of aliphatic hydroxyl groups excluding tert-OH is 1. The summed E-state index contributed by atoms with van der Waals surface area (Å²) in [6, 6.07) is 0. The Balaban J connectivity index is 0.00000272. The summed E-state index contributed by atoms with van der Waals surface area (Å²) in [5, 5.41) is 26.2. The summed E-state index contributed by atoms with van der Waals surface area (Å²) in [5.41, 5.74) is 0.783. The Labute approximate surface area is 232 Å². The van der Waals surface area contributed by atoms with E-state index in [0.717, 1.165) is 49.1 Å². The number of tetrazole rings is 1. The van der Waals surface area contributed by atoms with Crippen LogP contribution in [0.5, 0.6) is 0 Å². The van der Waals surface area contributed by atoms with Gasteiger partial charge in [0, 0.05) is 24.7 Å². The minimum Gasteiger partial charge on any atom is -0.390 e. The largest absolute Gasteiger partial charge is 1.00 e. The van der Waals surface area contributed by atoms with Crippen LogP contribution in [0.3, 0.4) is 0 Å². The van der Waals surface area contributed by atoms with Crippen molar-refractivity contribution in [2.75, 3.05) is 0 Å². The Bertz CT molecular complexity index is 790. The molecule has 2 atom stereocenters. The second-order valence-electron chi connectivity index (χ2n) is 9.21. The number of nitrogens with zero attached hydrogens (tertiary/aromatic N) is 6. The van der Waals surface area contributed by atoms with Crippen molar-refractivity contribution >= 4 is 11.6 Å². The fraction of sp³-hybridized carbons (Fsp3) is 0.818. The van der Waals surface area contributed by atoms with Crippen LogP contribution >= 0.6 is 11.6 Å². The normalized spacial score (nSPS) is 26.5. The quantitative estimate of drug-likeness (QED) is 0.582. The molecule has 2 heterocycles. The monoisotopic (exact) mass is 472 g/mol. The van der Waals surface area contributed by atoms with Crippen molar-refractivity contribution in [2.24, 2.45) is 17.8 Å². The van der Waals surface area contributed by atoms with Crippen LogP contribution in [0.25, 0.3) is 0 Å². The van der Waals surface area contributed by atoms with Gasteiger partial charge in [0.15, 0.2) is 5.15 Å². The number of rotatable bonds is 8. The van der Waals surface area contributed by atoms with Gasteiger partial charge in [-0.25, -0.2) is 4.98 Å². The van der Waals surface area contributed by atoms with Gasteiger partial charge in [0.05, 0.1) is 12.3 Å². The van der Waals surface area contributed by atoms with Gasteiger partial charge in [-0.15, -0.1) is 0 Å². The molecule has 0 bridgehead atoms. The van der Waals surface area contributed by atoms with Gasteiger partial charge in [-0.05, 0) is 62.7 Å². The van der Waals surface area contributed by atoms with Crippen molar-refractivity contribution in [1.29, 1.82) is 0 Å². The summed E-state index contributed by atoms with van der Waals surface area (Å²) in [4.78, 5) is 4.55. The Hall–Kier alpha value is 0.166. The molecule has 0 amide bonds. The summed E-state index contributed by atoms with van der Waals surface area (Å²) < 4.78 is 2.21. The molecule has 0 aliphatic heterocycles. The molecule has 9 heteroatoms. The zero-order valence-electron chi connectivity index (χ0n) is 19.0. The van der Waals surface area contributed by atoms with Crippen molar-refractivity contribution in [3.05, 3.63) is 22.5 Å². The number of aromatic nitrogens is 6.